The summed E-state index contributed by atoms with van der Waals surface area (Å²) in [5.74, 6) is 2.01. The summed E-state index contributed by atoms with van der Waals surface area (Å²) in [5, 5.41) is 0. The van der Waals surface area contributed by atoms with Gasteiger partial charge in [-0.25, -0.2) is 0 Å². The second-order valence-corrected chi connectivity index (χ2v) is 5.42. The molecule has 0 amide bonds. The van der Waals surface area contributed by atoms with E-state index in [-0.39, 0.29) is 0 Å². The van der Waals surface area contributed by atoms with Crippen molar-refractivity contribution in [2.24, 2.45) is 11.8 Å². The van der Waals surface area contributed by atoms with E-state index in [1.165, 1.54) is 64.2 Å². The molecule has 16 heavy (non-hydrogen) atoms. The average Bonchev–Trinajstić information content (AvgIpc) is 2.31. The molecule has 0 spiro atoms. The Morgan fingerprint density at radius 2 is 1.25 bits per heavy atom. The largest absolute Gasteiger partial charge is 0.0654 e. The van der Waals surface area contributed by atoms with Crippen LogP contribution in [0.1, 0.15) is 91.9 Å². The van der Waals surface area contributed by atoms with Gasteiger partial charge in [0.1, 0.15) is 0 Å². The molecule has 0 bridgehead atoms. The summed E-state index contributed by atoms with van der Waals surface area (Å²) >= 11 is 0. The predicted molar refractivity (Wildman–Crippen MR) is 75.8 cm³/mol. The summed E-state index contributed by atoms with van der Waals surface area (Å²) in [6.45, 7) is 9.36. The average molecular weight is 226 g/mol. The Bertz CT molecular complexity index is 128. The van der Waals surface area contributed by atoms with Crippen molar-refractivity contribution in [2.45, 2.75) is 91.9 Å². The summed E-state index contributed by atoms with van der Waals surface area (Å²) in [6.07, 6.45) is 14.3. The molecular formula is C16H34. The fourth-order valence-corrected chi connectivity index (χ4v) is 2.72. The minimum absolute atomic E-state index is 1.00. The lowest BCUT2D eigenvalue weighted by atomic mass is 9.85. The smallest absolute Gasteiger partial charge is 0.0414 e. The van der Waals surface area contributed by atoms with Crippen LogP contribution in [0.5, 0.6) is 0 Å². The Morgan fingerprint density at radius 1 is 0.625 bits per heavy atom. The van der Waals surface area contributed by atoms with Gasteiger partial charge in [-0.1, -0.05) is 85.5 Å². The van der Waals surface area contributed by atoms with Crippen molar-refractivity contribution >= 4 is 0 Å². The van der Waals surface area contributed by atoms with Crippen molar-refractivity contribution < 1.29 is 0 Å². The molecule has 2 unspecified atom stereocenters. The van der Waals surface area contributed by atoms with Crippen molar-refractivity contribution in [2.75, 3.05) is 0 Å². The van der Waals surface area contributed by atoms with Crippen molar-refractivity contribution in [3.8, 4) is 0 Å². The lowest BCUT2D eigenvalue weighted by Crippen LogP contribution is -2.08. The van der Waals surface area contributed by atoms with E-state index in [9.17, 15) is 0 Å². The third-order valence-electron chi connectivity index (χ3n) is 3.98. The monoisotopic (exact) mass is 226 g/mol. The molecule has 0 aliphatic rings. The maximum absolute atomic E-state index is 2.38. The van der Waals surface area contributed by atoms with Crippen LogP contribution in [0, 0.1) is 11.8 Å². The molecule has 0 heteroatoms. The summed E-state index contributed by atoms with van der Waals surface area (Å²) in [7, 11) is 0. The van der Waals surface area contributed by atoms with E-state index in [2.05, 4.69) is 27.7 Å². The highest BCUT2D eigenvalue weighted by Gasteiger charge is 2.12. The van der Waals surface area contributed by atoms with Crippen LogP contribution in [0.2, 0.25) is 0 Å². The number of unbranched alkanes of at least 4 members (excludes halogenated alkanes) is 3. The van der Waals surface area contributed by atoms with E-state index < -0.39 is 0 Å². The van der Waals surface area contributed by atoms with Crippen LogP contribution in [0.4, 0.5) is 0 Å². The van der Waals surface area contributed by atoms with Crippen LogP contribution in [0.3, 0.4) is 0 Å². The van der Waals surface area contributed by atoms with Gasteiger partial charge in [0.05, 0.1) is 0 Å². The molecule has 2 atom stereocenters. The Labute approximate surface area is 104 Å². The van der Waals surface area contributed by atoms with Crippen molar-refractivity contribution in [3.05, 3.63) is 0 Å². The van der Waals surface area contributed by atoms with E-state index in [4.69, 9.17) is 0 Å². The molecule has 0 aromatic carbocycles. The van der Waals surface area contributed by atoms with Crippen LogP contribution in [0.25, 0.3) is 0 Å². The van der Waals surface area contributed by atoms with Crippen LogP contribution in [-0.4, -0.2) is 0 Å². The molecule has 0 saturated carbocycles. The minimum Gasteiger partial charge on any atom is -0.0654 e. The molecule has 0 aromatic heterocycles. The molecule has 0 nitrogen and oxygen atoms in total. The zero-order valence-corrected chi connectivity index (χ0v) is 12.2. The van der Waals surface area contributed by atoms with E-state index >= 15 is 0 Å². The van der Waals surface area contributed by atoms with Gasteiger partial charge in [-0.05, 0) is 18.3 Å². The third-order valence-corrected chi connectivity index (χ3v) is 3.98. The van der Waals surface area contributed by atoms with Crippen LogP contribution in [0.15, 0.2) is 0 Å². The van der Waals surface area contributed by atoms with Crippen LogP contribution < -0.4 is 0 Å². The van der Waals surface area contributed by atoms with Crippen molar-refractivity contribution in [1.82, 2.24) is 0 Å². The summed E-state index contributed by atoms with van der Waals surface area (Å²) < 4.78 is 0. The Balaban J connectivity index is 3.70. The second-order valence-electron chi connectivity index (χ2n) is 5.42. The molecule has 0 heterocycles. The SMILES string of the molecule is CCCCCCC(CC)CC(CC)CCC. The molecule has 0 aliphatic heterocycles. The summed E-state index contributed by atoms with van der Waals surface area (Å²) in [4.78, 5) is 0. The van der Waals surface area contributed by atoms with Crippen LogP contribution in [-0.2, 0) is 0 Å². The number of rotatable bonds is 11. The molecular weight excluding hydrogens is 192 g/mol. The Morgan fingerprint density at radius 3 is 1.75 bits per heavy atom. The molecule has 0 fully saturated rings. The van der Waals surface area contributed by atoms with Gasteiger partial charge in [-0.15, -0.1) is 0 Å². The first-order chi connectivity index (χ1) is 7.78. The van der Waals surface area contributed by atoms with Crippen molar-refractivity contribution in [3.63, 3.8) is 0 Å². The minimum atomic E-state index is 1.00. The normalized spacial score (nSPS) is 15.0. The Kier molecular flexibility index (Phi) is 11.5. The highest BCUT2D eigenvalue weighted by atomic mass is 14.2. The van der Waals surface area contributed by atoms with Gasteiger partial charge in [-0.3, -0.25) is 0 Å². The van der Waals surface area contributed by atoms with Gasteiger partial charge in [0, 0.05) is 0 Å². The second kappa shape index (κ2) is 11.5. The lowest BCUT2D eigenvalue weighted by molar-refractivity contribution is 0.313. The molecule has 98 valence electrons. The zero-order valence-electron chi connectivity index (χ0n) is 12.2. The molecule has 0 rings (SSSR count). The molecule has 0 N–H and O–H groups in total. The highest BCUT2D eigenvalue weighted by molar-refractivity contribution is 4.65. The summed E-state index contributed by atoms with van der Waals surface area (Å²) in [6, 6.07) is 0. The quantitative estimate of drug-likeness (QED) is 0.368. The first-order valence-corrected chi connectivity index (χ1v) is 7.78. The van der Waals surface area contributed by atoms with Gasteiger partial charge >= 0.3 is 0 Å². The number of hydrogen-bond donors (Lipinski definition) is 0. The van der Waals surface area contributed by atoms with Gasteiger partial charge in [-0.2, -0.15) is 0 Å². The molecule has 0 aliphatic carbocycles. The van der Waals surface area contributed by atoms with Crippen molar-refractivity contribution in [1.29, 1.82) is 0 Å². The van der Waals surface area contributed by atoms with Gasteiger partial charge in [0.15, 0.2) is 0 Å². The van der Waals surface area contributed by atoms with E-state index in [0.717, 1.165) is 11.8 Å². The Hall–Kier alpha value is 0. The summed E-state index contributed by atoms with van der Waals surface area (Å²) in [5.41, 5.74) is 0. The predicted octanol–water partition coefficient (Wildman–Crippen LogP) is 6.20. The highest BCUT2D eigenvalue weighted by Crippen LogP contribution is 2.26. The van der Waals surface area contributed by atoms with E-state index in [0.29, 0.717) is 0 Å². The zero-order chi connectivity index (χ0) is 12.2. The molecule has 0 saturated heterocycles. The first-order valence-electron chi connectivity index (χ1n) is 7.78. The van der Waals surface area contributed by atoms with E-state index in [1.54, 1.807) is 0 Å². The van der Waals surface area contributed by atoms with Gasteiger partial charge in [0.2, 0.25) is 0 Å². The fraction of sp³-hybridized carbons (Fsp3) is 1.00. The molecule has 0 radical (unpaired) electrons. The van der Waals surface area contributed by atoms with Gasteiger partial charge < -0.3 is 0 Å². The fourth-order valence-electron chi connectivity index (χ4n) is 2.72. The lowest BCUT2D eigenvalue weighted by Gasteiger charge is -2.21. The maximum Gasteiger partial charge on any atom is -0.0414 e. The van der Waals surface area contributed by atoms with Gasteiger partial charge in [0.25, 0.3) is 0 Å². The maximum atomic E-state index is 2.38. The first kappa shape index (κ1) is 16.0. The molecule has 0 aromatic rings. The third kappa shape index (κ3) is 8.19. The number of hydrogen-bond acceptors (Lipinski definition) is 0. The van der Waals surface area contributed by atoms with E-state index in [1.807, 2.05) is 0 Å². The topological polar surface area (TPSA) is 0 Å². The van der Waals surface area contributed by atoms with Crippen LogP contribution >= 0.6 is 0 Å². The standard InChI is InChI=1S/C16H34/c1-5-9-10-11-13-16(8-4)14-15(7-3)12-6-2/h15-16H,5-14H2,1-4H3.